The van der Waals surface area contributed by atoms with Gasteiger partial charge in [-0.25, -0.2) is 9.97 Å². The van der Waals surface area contributed by atoms with E-state index >= 15 is 0 Å². The SMILES string of the molecule is c1ccc(-c2nc(-c3ccc(-n4c5cc6ccccc6cc5c5ccc6ccccc6c54)c4ccccc34)nc3c2sc2ccccc23)cc1. The molecule has 0 saturated heterocycles. The van der Waals surface area contributed by atoms with Crippen LogP contribution in [-0.4, -0.2) is 14.5 Å². The van der Waals surface area contributed by atoms with Crippen molar-refractivity contribution in [3.8, 4) is 28.3 Å². The second-order valence-corrected chi connectivity index (χ2v) is 14.0. The largest absolute Gasteiger partial charge is 0.308 e. The number of hydrogen-bond donors (Lipinski definition) is 0. The molecule has 0 spiro atoms. The summed E-state index contributed by atoms with van der Waals surface area (Å²) in [4.78, 5) is 10.7. The van der Waals surface area contributed by atoms with E-state index in [0.29, 0.717) is 0 Å². The Bertz CT molecular complexity index is 3150. The molecular formula is C46H27N3S. The second kappa shape index (κ2) is 10.6. The molecule has 0 saturated carbocycles. The Morgan fingerprint density at radius 2 is 1.14 bits per heavy atom. The lowest BCUT2D eigenvalue weighted by Crippen LogP contribution is -1.99. The first kappa shape index (κ1) is 27.6. The number of aromatic nitrogens is 3. The van der Waals surface area contributed by atoms with E-state index in [1.54, 1.807) is 11.3 Å². The van der Waals surface area contributed by atoms with Crippen molar-refractivity contribution < 1.29 is 0 Å². The van der Waals surface area contributed by atoms with Crippen LogP contribution in [0.25, 0.3) is 103 Å². The van der Waals surface area contributed by atoms with Crippen molar-refractivity contribution in [1.82, 2.24) is 14.5 Å². The molecule has 50 heavy (non-hydrogen) atoms. The van der Waals surface area contributed by atoms with Crippen LogP contribution in [-0.2, 0) is 0 Å². The molecule has 3 aromatic heterocycles. The van der Waals surface area contributed by atoms with Gasteiger partial charge in [0.25, 0.3) is 0 Å². The maximum Gasteiger partial charge on any atom is 0.161 e. The number of hydrogen-bond acceptors (Lipinski definition) is 3. The lowest BCUT2D eigenvalue weighted by molar-refractivity contribution is 1.20. The summed E-state index contributed by atoms with van der Waals surface area (Å²) in [6.45, 7) is 0. The number of rotatable bonds is 3. The van der Waals surface area contributed by atoms with Crippen LogP contribution in [0.2, 0.25) is 0 Å². The molecule has 11 aromatic rings. The van der Waals surface area contributed by atoms with Gasteiger partial charge in [0.1, 0.15) is 0 Å². The fourth-order valence-corrected chi connectivity index (χ4v) is 9.04. The molecule has 4 heteroatoms. The third-order valence-electron chi connectivity index (χ3n) is 10.2. The third kappa shape index (κ3) is 3.97. The van der Waals surface area contributed by atoms with Crippen LogP contribution in [0.5, 0.6) is 0 Å². The average molecular weight is 654 g/mol. The van der Waals surface area contributed by atoms with Gasteiger partial charge >= 0.3 is 0 Å². The van der Waals surface area contributed by atoms with Crippen molar-refractivity contribution >= 4 is 85.8 Å². The van der Waals surface area contributed by atoms with Gasteiger partial charge in [-0.2, -0.15) is 0 Å². The summed E-state index contributed by atoms with van der Waals surface area (Å²) in [6, 6.07) is 58.9. The number of benzene rings is 8. The molecule has 0 unspecified atom stereocenters. The van der Waals surface area contributed by atoms with Crippen LogP contribution >= 0.6 is 11.3 Å². The summed E-state index contributed by atoms with van der Waals surface area (Å²) in [5.74, 6) is 0.737. The molecule has 8 aromatic carbocycles. The quantitative estimate of drug-likeness (QED) is 0.190. The van der Waals surface area contributed by atoms with Crippen LogP contribution in [0.1, 0.15) is 0 Å². The monoisotopic (exact) mass is 653 g/mol. The molecule has 0 amide bonds. The van der Waals surface area contributed by atoms with E-state index in [2.05, 4.69) is 168 Å². The average Bonchev–Trinajstić information content (AvgIpc) is 3.72. The molecule has 0 aliphatic rings. The molecule has 0 aliphatic carbocycles. The highest BCUT2D eigenvalue weighted by Crippen LogP contribution is 2.43. The smallest absolute Gasteiger partial charge is 0.161 e. The maximum atomic E-state index is 5.35. The van der Waals surface area contributed by atoms with Crippen LogP contribution < -0.4 is 0 Å². The molecule has 0 radical (unpaired) electrons. The van der Waals surface area contributed by atoms with Gasteiger partial charge < -0.3 is 4.57 Å². The van der Waals surface area contributed by atoms with Crippen LogP contribution in [0.3, 0.4) is 0 Å². The second-order valence-electron chi connectivity index (χ2n) is 13.0. The highest BCUT2D eigenvalue weighted by Gasteiger charge is 2.21. The van der Waals surface area contributed by atoms with Crippen LogP contribution in [0.15, 0.2) is 164 Å². The summed E-state index contributed by atoms with van der Waals surface area (Å²) >= 11 is 1.77. The van der Waals surface area contributed by atoms with Crippen molar-refractivity contribution in [3.05, 3.63) is 164 Å². The summed E-state index contributed by atoms with van der Waals surface area (Å²) in [5.41, 5.74) is 7.65. The molecule has 11 rings (SSSR count). The van der Waals surface area contributed by atoms with E-state index in [9.17, 15) is 0 Å². The first-order valence-corrected chi connectivity index (χ1v) is 17.7. The van der Waals surface area contributed by atoms with Crippen molar-refractivity contribution in [1.29, 1.82) is 0 Å². The van der Waals surface area contributed by atoms with Gasteiger partial charge in [-0.15, -0.1) is 11.3 Å². The highest BCUT2D eigenvalue weighted by molar-refractivity contribution is 7.26. The summed E-state index contributed by atoms with van der Waals surface area (Å²) in [5, 5.41) is 10.9. The predicted molar refractivity (Wildman–Crippen MR) is 213 cm³/mol. The fraction of sp³-hybridized carbons (Fsp3) is 0. The van der Waals surface area contributed by atoms with E-state index in [1.165, 1.54) is 53.4 Å². The fourth-order valence-electron chi connectivity index (χ4n) is 7.89. The van der Waals surface area contributed by atoms with Gasteiger partial charge in [0.05, 0.1) is 32.6 Å². The topological polar surface area (TPSA) is 30.7 Å². The van der Waals surface area contributed by atoms with Gasteiger partial charge in [-0.1, -0.05) is 133 Å². The Labute approximate surface area is 291 Å². The first-order chi connectivity index (χ1) is 24.8. The normalized spacial score (nSPS) is 12.0. The lowest BCUT2D eigenvalue weighted by Gasteiger charge is -2.16. The van der Waals surface area contributed by atoms with E-state index < -0.39 is 0 Å². The Balaban J connectivity index is 1.24. The van der Waals surface area contributed by atoms with Crippen molar-refractivity contribution in [2.24, 2.45) is 0 Å². The predicted octanol–water partition coefficient (Wildman–Crippen LogP) is 12.7. The third-order valence-corrected chi connectivity index (χ3v) is 11.3. The van der Waals surface area contributed by atoms with Crippen LogP contribution in [0, 0.1) is 0 Å². The van der Waals surface area contributed by atoms with Gasteiger partial charge in [0, 0.05) is 42.8 Å². The zero-order chi connectivity index (χ0) is 32.8. The summed E-state index contributed by atoms with van der Waals surface area (Å²) in [6.07, 6.45) is 0. The lowest BCUT2D eigenvalue weighted by atomic mass is 10.0. The zero-order valence-corrected chi connectivity index (χ0v) is 27.7. The van der Waals surface area contributed by atoms with E-state index in [4.69, 9.17) is 9.97 Å². The molecule has 3 nitrogen and oxygen atoms in total. The molecule has 0 fully saturated rings. The Hall–Kier alpha value is -6.36. The summed E-state index contributed by atoms with van der Waals surface area (Å²) < 4.78 is 4.82. The highest BCUT2D eigenvalue weighted by atomic mass is 32.1. The minimum absolute atomic E-state index is 0.737. The molecule has 0 aliphatic heterocycles. The van der Waals surface area contributed by atoms with Gasteiger partial charge in [-0.3, -0.25) is 0 Å². The maximum absolute atomic E-state index is 5.35. The molecular weight excluding hydrogens is 627 g/mol. The van der Waals surface area contributed by atoms with E-state index in [1.807, 2.05) is 0 Å². The molecule has 232 valence electrons. The molecule has 0 N–H and O–H groups in total. The van der Waals surface area contributed by atoms with E-state index in [-0.39, 0.29) is 0 Å². The molecule has 3 heterocycles. The minimum Gasteiger partial charge on any atom is -0.308 e. The number of nitrogens with zero attached hydrogens (tertiary/aromatic N) is 3. The van der Waals surface area contributed by atoms with Crippen molar-refractivity contribution in [2.75, 3.05) is 0 Å². The molecule has 0 bridgehead atoms. The van der Waals surface area contributed by atoms with Crippen LogP contribution in [0.4, 0.5) is 0 Å². The summed E-state index contributed by atoms with van der Waals surface area (Å²) in [7, 11) is 0. The Morgan fingerprint density at radius 3 is 1.98 bits per heavy atom. The first-order valence-electron chi connectivity index (χ1n) is 16.9. The zero-order valence-electron chi connectivity index (χ0n) is 26.8. The van der Waals surface area contributed by atoms with E-state index in [0.717, 1.165) is 49.3 Å². The number of fused-ring (bicyclic) bond motifs is 10. The standard InChI is InChI=1S/C46H27N3S/c1-2-13-29(14-3-1)42-45-43(37-20-10-11-21-41(37)50-45)48-46(47-42)36-24-25-39(34-19-9-8-18-33(34)36)49-40-27-31-16-5-4-15-30(31)26-38(40)35-23-22-28-12-6-7-17-32(28)44(35)49/h1-27H. The van der Waals surface area contributed by atoms with Crippen molar-refractivity contribution in [3.63, 3.8) is 0 Å². The Kier molecular flexibility index (Phi) is 5.83. The van der Waals surface area contributed by atoms with Gasteiger partial charge in [0.2, 0.25) is 0 Å². The molecule has 0 atom stereocenters. The number of thiophene rings is 1. The van der Waals surface area contributed by atoms with Gasteiger partial charge in [-0.05, 0) is 51.9 Å². The van der Waals surface area contributed by atoms with Crippen molar-refractivity contribution in [2.45, 2.75) is 0 Å². The minimum atomic E-state index is 0.737. The Morgan fingerprint density at radius 1 is 0.460 bits per heavy atom. The van der Waals surface area contributed by atoms with Gasteiger partial charge in [0.15, 0.2) is 5.82 Å².